The summed E-state index contributed by atoms with van der Waals surface area (Å²) >= 11 is 0. The van der Waals surface area contributed by atoms with Crippen molar-refractivity contribution >= 4 is 23.5 Å². The molecule has 1 unspecified atom stereocenters. The molecule has 2 N–H and O–H groups in total. The van der Waals surface area contributed by atoms with E-state index in [1.54, 1.807) is 31.2 Å². The van der Waals surface area contributed by atoms with Crippen molar-refractivity contribution in [2.45, 2.75) is 65.5 Å². The number of hydrogen-bond donors (Lipinski definition) is 2. The second-order valence-electron chi connectivity index (χ2n) is 9.73. The minimum atomic E-state index is -1.03. The number of carbonyl (C=O) groups is 3. The van der Waals surface area contributed by atoms with E-state index in [9.17, 15) is 14.4 Å². The Bertz CT molecular complexity index is 1080. The Labute approximate surface area is 224 Å². The van der Waals surface area contributed by atoms with Crippen molar-refractivity contribution in [2.24, 2.45) is 0 Å². The molecule has 1 aromatic carbocycles. The zero-order valence-electron chi connectivity index (χ0n) is 23.4. The standard InChI is InChI=1S/C27H40N4O7/c1-8-37-16-10-15-31(23(33)14-13-22(32)28-21-17-18(2)38-30-21)24(26(34)29-27(3,4)5)19-11-9-12-20(35-6)25(19)36-7/h9,11-12,17,24H,8,10,13-16H2,1-7H3,(H,29,34)(H,28,30,32). The van der Waals surface area contributed by atoms with Crippen molar-refractivity contribution in [3.8, 4) is 11.5 Å². The fourth-order valence-electron chi connectivity index (χ4n) is 3.89. The van der Waals surface area contributed by atoms with Crippen molar-refractivity contribution in [2.75, 3.05) is 39.3 Å². The van der Waals surface area contributed by atoms with Crippen LogP contribution in [0.5, 0.6) is 11.5 Å². The van der Waals surface area contributed by atoms with Crippen LogP contribution in [0.25, 0.3) is 0 Å². The van der Waals surface area contributed by atoms with E-state index in [-0.39, 0.29) is 37.0 Å². The molecule has 0 spiro atoms. The molecule has 0 aliphatic carbocycles. The summed E-state index contributed by atoms with van der Waals surface area (Å²) in [4.78, 5) is 41.3. The highest BCUT2D eigenvalue weighted by molar-refractivity contribution is 5.94. The normalized spacial score (nSPS) is 12.0. The Morgan fingerprint density at radius 2 is 1.87 bits per heavy atom. The van der Waals surface area contributed by atoms with Crippen LogP contribution in [0.1, 0.15) is 64.3 Å². The van der Waals surface area contributed by atoms with Crippen molar-refractivity contribution < 1.29 is 33.1 Å². The SMILES string of the molecule is CCOCCCN(C(=O)CCC(=O)Nc1cc(C)on1)C(C(=O)NC(C)(C)C)c1cccc(OC)c1OC. The number of aryl methyl sites for hydroxylation is 1. The van der Waals surface area contributed by atoms with Crippen molar-refractivity contribution in [1.29, 1.82) is 0 Å². The number of nitrogens with zero attached hydrogens (tertiary/aromatic N) is 2. The highest BCUT2D eigenvalue weighted by Crippen LogP contribution is 2.38. The van der Waals surface area contributed by atoms with Gasteiger partial charge in [-0.3, -0.25) is 14.4 Å². The molecule has 0 radical (unpaired) electrons. The number of benzene rings is 1. The number of aromatic nitrogens is 1. The monoisotopic (exact) mass is 532 g/mol. The molecule has 1 heterocycles. The van der Waals surface area contributed by atoms with Gasteiger partial charge in [0, 0.05) is 49.8 Å². The number of rotatable bonds is 14. The van der Waals surface area contributed by atoms with Crippen molar-refractivity contribution in [3.63, 3.8) is 0 Å². The first-order valence-electron chi connectivity index (χ1n) is 12.6. The van der Waals surface area contributed by atoms with Crippen molar-refractivity contribution in [3.05, 3.63) is 35.6 Å². The predicted molar refractivity (Wildman–Crippen MR) is 142 cm³/mol. The van der Waals surface area contributed by atoms with Gasteiger partial charge in [-0.1, -0.05) is 17.3 Å². The Kier molecular flexibility index (Phi) is 11.6. The number of hydrogen-bond acceptors (Lipinski definition) is 8. The van der Waals surface area contributed by atoms with Gasteiger partial charge in [0.1, 0.15) is 11.8 Å². The third kappa shape index (κ3) is 9.05. The first kappa shape index (κ1) is 30.6. The van der Waals surface area contributed by atoms with Gasteiger partial charge in [-0.2, -0.15) is 0 Å². The van der Waals surface area contributed by atoms with Crippen LogP contribution in [0.2, 0.25) is 0 Å². The lowest BCUT2D eigenvalue weighted by molar-refractivity contribution is -0.142. The second kappa shape index (κ2) is 14.4. The summed E-state index contributed by atoms with van der Waals surface area (Å²) in [5.74, 6) is 0.473. The topological polar surface area (TPSA) is 132 Å². The summed E-state index contributed by atoms with van der Waals surface area (Å²) in [5.41, 5.74) is -0.0854. The van der Waals surface area contributed by atoms with Gasteiger partial charge in [0.05, 0.1) is 14.2 Å². The lowest BCUT2D eigenvalue weighted by Gasteiger charge is -2.34. The lowest BCUT2D eigenvalue weighted by atomic mass is 9.99. The Hall–Kier alpha value is -3.60. The summed E-state index contributed by atoms with van der Waals surface area (Å²) < 4.78 is 21.5. The van der Waals surface area contributed by atoms with Gasteiger partial charge in [-0.15, -0.1) is 0 Å². The number of ether oxygens (including phenoxy) is 3. The smallest absolute Gasteiger partial charge is 0.247 e. The largest absolute Gasteiger partial charge is 0.493 e. The van der Waals surface area contributed by atoms with E-state index >= 15 is 0 Å². The molecule has 2 aromatic rings. The minimum absolute atomic E-state index is 0.102. The molecule has 1 atom stereocenters. The van der Waals surface area contributed by atoms with Gasteiger partial charge in [-0.25, -0.2) is 0 Å². The quantitative estimate of drug-likeness (QED) is 0.353. The molecule has 0 bridgehead atoms. The average molecular weight is 533 g/mol. The van der Waals surface area contributed by atoms with Gasteiger partial charge in [0.15, 0.2) is 17.3 Å². The fraction of sp³-hybridized carbons (Fsp3) is 0.556. The molecule has 0 saturated heterocycles. The van der Waals surface area contributed by atoms with Crippen LogP contribution in [-0.2, 0) is 19.1 Å². The number of anilines is 1. The van der Waals surface area contributed by atoms with Crippen LogP contribution < -0.4 is 20.1 Å². The van der Waals surface area contributed by atoms with Crippen LogP contribution in [0.15, 0.2) is 28.8 Å². The van der Waals surface area contributed by atoms with E-state index < -0.39 is 17.5 Å². The van der Waals surface area contributed by atoms with Gasteiger partial charge in [0.25, 0.3) is 0 Å². The summed E-state index contributed by atoms with van der Waals surface area (Å²) in [7, 11) is 2.99. The Morgan fingerprint density at radius 3 is 2.45 bits per heavy atom. The molecule has 11 nitrogen and oxygen atoms in total. The van der Waals surface area contributed by atoms with Crippen LogP contribution in [0.3, 0.4) is 0 Å². The Balaban J connectivity index is 2.40. The molecule has 0 saturated carbocycles. The van der Waals surface area contributed by atoms with E-state index in [2.05, 4.69) is 15.8 Å². The molecule has 38 heavy (non-hydrogen) atoms. The van der Waals surface area contributed by atoms with E-state index in [0.29, 0.717) is 42.5 Å². The summed E-state index contributed by atoms with van der Waals surface area (Å²) in [5, 5.41) is 9.34. The molecule has 210 valence electrons. The maximum atomic E-state index is 13.7. The second-order valence-corrected chi connectivity index (χ2v) is 9.73. The van der Waals surface area contributed by atoms with Gasteiger partial charge in [-0.05, 0) is 47.1 Å². The van der Waals surface area contributed by atoms with E-state index in [0.717, 1.165) is 0 Å². The molecule has 3 amide bonds. The number of methoxy groups -OCH3 is 2. The van der Waals surface area contributed by atoms with Gasteiger partial charge >= 0.3 is 0 Å². The van der Waals surface area contributed by atoms with Gasteiger partial charge < -0.3 is 34.3 Å². The average Bonchev–Trinajstić information content (AvgIpc) is 3.26. The number of carbonyl (C=O) groups excluding carboxylic acids is 3. The number of nitrogens with one attached hydrogen (secondary N) is 2. The minimum Gasteiger partial charge on any atom is -0.493 e. The van der Waals surface area contributed by atoms with Crippen LogP contribution in [0, 0.1) is 6.92 Å². The first-order chi connectivity index (χ1) is 18.0. The van der Waals surface area contributed by atoms with Gasteiger partial charge in [0.2, 0.25) is 17.7 Å². The van der Waals surface area contributed by atoms with E-state index in [1.165, 1.54) is 19.1 Å². The Morgan fingerprint density at radius 1 is 1.13 bits per heavy atom. The summed E-state index contributed by atoms with van der Waals surface area (Å²) in [6, 6.07) is 5.75. The molecular formula is C27H40N4O7. The van der Waals surface area contributed by atoms with Crippen LogP contribution in [0.4, 0.5) is 5.82 Å². The van der Waals surface area contributed by atoms with Crippen LogP contribution in [-0.4, -0.2) is 67.3 Å². The molecular weight excluding hydrogens is 492 g/mol. The fourth-order valence-corrected chi connectivity index (χ4v) is 3.89. The zero-order valence-corrected chi connectivity index (χ0v) is 23.4. The lowest BCUT2D eigenvalue weighted by Crippen LogP contribution is -2.49. The summed E-state index contributed by atoms with van der Waals surface area (Å²) in [6.07, 6.45) is 0.272. The highest BCUT2D eigenvalue weighted by atomic mass is 16.5. The van der Waals surface area contributed by atoms with Crippen molar-refractivity contribution in [1.82, 2.24) is 15.4 Å². The third-order valence-corrected chi connectivity index (χ3v) is 5.46. The zero-order chi connectivity index (χ0) is 28.3. The maximum absolute atomic E-state index is 13.7. The predicted octanol–water partition coefficient (Wildman–Crippen LogP) is 3.63. The first-order valence-corrected chi connectivity index (χ1v) is 12.6. The van der Waals surface area contributed by atoms with E-state index in [4.69, 9.17) is 18.7 Å². The molecule has 0 fully saturated rings. The maximum Gasteiger partial charge on any atom is 0.247 e. The molecule has 0 aliphatic rings. The summed E-state index contributed by atoms with van der Waals surface area (Å²) in [6.45, 7) is 10.4. The third-order valence-electron chi connectivity index (χ3n) is 5.46. The number of amides is 3. The molecule has 1 aromatic heterocycles. The number of para-hydroxylation sites is 1. The molecule has 2 rings (SSSR count). The van der Waals surface area contributed by atoms with Crippen LogP contribution >= 0.6 is 0 Å². The molecule has 11 heteroatoms. The highest BCUT2D eigenvalue weighted by Gasteiger charge is 2.35. The molecule has 0 aliphatic heterocycles. The van der Waals surface area contributed by atoms with E-state index in [1.807, 2.05) is 27.7 Å².